The highest BCUT2D eigenvalue weighted by atomic mass is 16.3. The van der Waals surface area contributed by atoms with Crippen LogP contribution in [0.3, 0.4) is 0 Å². The van der Waals surface area contributed by atoms with Crippen molar-refractivity contribution >= 4 is 33.6 Å². The van der Waals surface area contributed by atoms with Gasteiger partial charge in [0.05, 0.1) is 24.7 Å². The van der Waals surface area contributed by atoms with Gasteiger partial charge < -0.3 is 15.1 Å². The molecule has 2 aromatic carbocycles. The molecule has 0 aliphatic carbocycles. The Labute approximate surface area is 199 Å². The topological polar surface area (TPSA) is 88.5 Å². The minimum absolute atomic E-state index is 0.139. The third-order valence-electron chi connectivity index (χ3n) is 6.78. The van der Waals surface area contributed by atoms with Gasteiger partial charge in [-0.15, -0.1) is 0 Å². The molecule has 2 N–H and O–H groups in total. The largest absolute Gasteiger partial charge is 0.464 e. The molecular formula is C27H31N5O2. The number of piperazine rings is 1. The monoisotopic (exact) mass is 457 g/mol. The van der Waals surface area contributed by atoms with Crippen LogP contribution in [0.15, 0.2) is 47.1 Å². The molecule has 7 nitrogen and oxygen atoms in total. The summed E-state index contributed by atoms with van der Waals surface area (Å²) < 4.78 is 5.77. The second-order valence-corrected chi connectivity index (χ2v) is 9.50. The fourth-order valence-electron chi connectivity index (χ4n) is 4.86. The normalized spacial score (nSPS) is 15.0. The Balaban J connectivity index is 1.22. The lowest BCUT2D eigenvalue weighted by Gasteiger charge is -2.34. The van der Waals surface area contributed by atoms with Gasteiger partial charge in [-0.05, 0) is 48.2 Å². The van der Waals surface area contributed by atoms with Gasteiger partial charge in [0.25, 0.3) is 0 Å². The number of hydrogen-bond donors (Lipinski definition) is 1. The fraction of sp³-hybridized carbons (Fsp3) is 0.370. The highest BCUT2D eigenvalue weighted by molar-refractivity contribution is 5.89. The molecule has 2 aromatic heterocycles. The number of fused-ring (bicyclic) bond motifs is 2. The van der Waals surface area contributed by atoms with Crippen molar-refractivity contribution in [2.45, 2.75) is 39.7 Å². The Kier molecular flexibility index (Phi) is 5.96. The van der Waals surface area contributed by atoms with Gasteiger partial charge in [0.15, 0.2) is 0 Å². The van der Waals surface area contributed by atoms with Crippen molar-refractivity contribution in [2.24, 2.45) is 0 Å². The van der Waals surface area contributed by atoms with Crippen LogP contribution in [0.2, 0.25) is 0 Å². The Morgan fingerprint density at radius 3 is 2.62 bits per heavy atom. The molecule has 4 aromatic rings. The first kappa shape index (κ1) is 22.3. The average Bonchev–Trinajstić information content (AvgIpc) is 3.20. The number of aryl methyl sites for hydroxylation is 1. The number of carbonyl (C=O) groups excluding carboxylic acids is 1. The van der Waals surface area contributed by atoms with E-state index in [0.717, 1.165) is 46.3 Å². The first-order valence-electron chi connectivity index (χ1n) is 11.9. The molecule has 0 radical (unpaired) electrons. The van der Waals surface area contributed by atoms with Crippen LogP contribution in [0.25, 0.3) is 21.9 Å². The van der Waals surface area contributed by atoms with Crippen LogP contribution in [0.4, 0.5) is 5.82 Å². The van der Waals surface area contributed by atoms with E-state index in [1.54, 1.807) is 6.26 Å². The molecule has 0 spiro atoms. The number of nitrogen functional groups attached to an aromatic ring is 1. The van der Waals surface area contributed by atoms with Gasteiger partial charge in [-0.25, -0.2) is 9.97 Å². The van der Waals surface area contributed by atoms with Gasteiger partial charge in [-0.2, -0.15) is 0 Å². The van der Waals surface area contributed by atoms with Crippen molar-refractivity contribution in [1.82, 2.24) is 19.8 Å². The minimum Gasteiger partial charge on any atom is -0.464 e. The number of benzene rings is 2. The van der Waals surface area contributed by atoms with Crippen molar-refractivity contribution in [3.05, 3.63) is 65.2 Å². The van der Waals surface area contributed by atoms with E-state index in [0.29, 0.717) is 37.8 Å². The maximum atomic E-state index is 13.1. The summed E-state index contributed by atoms with van der Waals surface area (Å²) >= 11 is 0. The zero-order valence-corrected chi connectivity index (χ0v) is 20.0. The lowest BCUT2D eigenvalue weighted by Crippen LogP contribution is -2.48. The number of carbonyl (C=O) groups is 1. The molecule has 0 atom stereocenters. The lowest BCUT2D eigenvalue weighted by atomic mass is 9.95. The number of para-hydroxylation sites is 1. The molecule has 0 bridgehead atoms. The number of rotatable bonds is 5. The second-order valence-electron chi connectivity index (χ2n) is 9.50. The molecule has 176 valence electrons. The van der Waals surface area contributed by atoms with Gasteiger partial charge in [0, 0.05) is 42.5 Å². The molecular weight excluding hydrogens is 426 g/mol. The smallest absolute Gasteiger partial charge is 0.227 e. The molecule has 1 amide bonds. The van der Waals surface area contributed by atoms with Gasteiger partial charge in [-0.1, -0.05) is 26.0 Å². The van der Waals surface area contributed by atoms with Gasteiger partial charge in [-0.3, -0.25) is 9.69 Å². The standard InChI is InChI=1S/C27H31N5O2/c1-17(2)21-14-22-19(16-34-24(22)12-18(21)3)13-26(33)32-10-8-31(9-11-32)15-25-29-23-7-5-4-6-20(23)27(28)30-25/h4-7,12,14,16-17H,8-11,13,15H2,1-3H3,(H2,28,29,30). The van der Waals surface area contributed by atoms with Crippen molar-refractivity contribution in [3.63, 3.8) is 0 Å². The van der Waals surface area contributed by atoms with Crippen molar-refractivity contribution < 1.29 is 9.21 Å². The summed E-state index contributed by atoms with van der Waals surface area (Å²) in [5.41, 5.74) is 11.3. The third kappa shape index (κ3) is 4.35. The number of furan rings is 1. The molecule has 1 aliphatic rings. The molecule has 0 saturated carbocycles. The van der Waals surface area contributed by atoms with E-state index in [1.165, 1.54) is 11.1 Å². The van der Waals surface area contributed by atoms with E-state index in [-0.39, 0.29) is 5.91 Å². The van der Waals surface area contributed by atoms with Crippen LogP contribution >= 0.6 is 0 Å². The quantitative estimate of drug-likeness (QED) is 0.481. The summed E-state index contributed by atoms with van der Waals surface area (Å²) in [7, 11) is 0. The van der Waals surface area contributed by atoms with E-state index in [4.69, 9.17) is 10.2 Å². The van der Waals surface area contributed by atoms with Crippen LogP contribution in [0.5, 0.6) is 0 Å². The van der Waals surface area contributed by atoms with Crippen LogP contribution in [0, 0.1) is 6.92 Å². The number of anilines is 1. The number of nitrogens with zero attached hydrogens (tertiary/aromatic N) is 4. The zero-order valence-electron chi connectivity index (χ0n) is 20.0. The predicted molar refractivity (Wildman–Crippen MR) is 135 cm³/mol. The highest BCUT2D eigenvalue weighted by Gasteiger charge is 2.23. The first-order chi connectivity index (χ1) is 16.4. The molecule has 5 rings (SSSR count). The molecule has 1 aliphatic heterocycles. The Morgan fingerprint density at radius 1 is 1.09 bits per heavy atom. The van der Waals surface area contributed by atoms with Gasteiger partial charge >= 0.3 is 0 Å². The van der Waals surface area contributed by atoms with E-state index < -0.39 is 0 Å². The SMILES string of the molecule is Cc1cc2occ(CC(=O)N3CCN(Cc4nc(N)c5ccccc5n4)CC3)c2cc1C(C)C. The molecule has 0 unspecified atom stereocenters. The van der Waals surface area contributed by atoms with E-state index >= 15 is 0 Å². The van der Waals surface area contributed by atoms with Gasteiger partial charge in [0.1, 0.15) is 17.2 Å². The molecule has 7 heteroatoms. The summed E-state index contributed by atoms with van der Waals surface area (Å²) in [6.07, 6.45) is 2.10. The highest BCUT2D eigenvalue weighted by Crippen LogP contribution is 2.29. The summed E-state index contributed by atoms with van der Waals surface area (Å²) in [6, 6.07) is 12.1. The fourth-order valence-corrected chi connectivity index (χ4v) is 4.86. The maximum absolute atomic E-state index is 13.1. The molecule has 34 heavy (non-hydrogen) atoms. The summed E-state index contributed by atoms with van der Waals surface area (Å²) in [4.78, 5) is 26.5. The minimum atomic E-state index is 0.139. The molecule has 1 fully saturated rings. The Bertz CT molecular complexity index is 1350. The Hall–Kier alpha value is -3.45. The van der Waals surface area contributed by atoms with Crippen LogP contribution < -0.4 is 5.73 Å². The Morgan fingerprint density at radius 2 is 1.85 bits per heavy atom. The van der Waals surface area contributed by atoms with Crippen molar-refractivity contribution in [2.75, 3.05) is 31.9 Å². The van der Waals surface area contributed by atoms with E-state index in [1.807, 2.05) is 29.2 Å². The number of amides is 1. The summed E-state index contributed by atoms with van der Waals surface area (Å²) in [5, 5.41) is 1.93. The average molecular weight is 458 g/mol. The molecule has 1 saturated heterocycles. The van der Waals surface area contributed by atoms with Crippen LogP contribution in [-0.4, -0.2) is 51.9 Å². The van der Waals surface area contributed by atoms with Crippen molar-refractivity contribution in [1.29, 1.82) is 0 Å². The number of nitrogens with two attached hydrogens (primary N) is 1. The second kappa shape index (κ2) is 9.06. The number of hydrogen-bond acceptors (Lipinski definition) is 6. The zero-order chi connectivity index (χ0) is 23.8. The number of aromatic nitrogens is 2. The lowest BCUT2D eigenvalue weighted by molar-refractivity contribution is -0.132. The molecule has 3 heterocycles. The first-order valence-corrected chi connectivity index (χ1v) is 11.9. The van der Waals surface area contributed by atoms with E-state index in [9.17, 15) is 4.79 Å². The summed E-state index contributed by atoms with van der Waals surface area (Å²) in [6.45, 7) is 10.1. The van der Waals surface area contributed by atoms with Crippen molar-refractivity contribution in [3.8, 4) is 0 Å². The van der Waals surface area contributed by atoms with Crippen LogP contribution in [0.1, 0.15) is 42.3 Å². The van der Waals surface area contributed by atoms with E-state index in [2.05, 4.69) is 47.8 Å². The predicted octanol–water partition coefficient (Wildman–Crippen LogP) is 4.28. The third-order valence-corrected chi connectivity index (χ3v) is 6.78. The van der Waals surface area contributed by atoms with Gasteiger partial charge in [0.2, 0.25) is 5.91 Å². The van der Waals surface area contributed by atoms with Crippen LogP contribution in [-0.2, 0) is 17.8 Å². The maximum Gasteiger partial charge on any atom is 0.227 e. The summed E-state index contributed by atoms with van der Waals surface area (Å²) in [5.74, 6) is 1.80.